The molecule has 0 aromatic heterocycles. The van der Waals surface area contributed by atoms with E-state index in [0.29, 0.717) is 32.5 Å². The van der Waals surface area contributed by atoms with Gasteiger partial charge in [0.05, 0.1) is 11.0 Å². The summed E-state index contributed by atoms with van der Waals surface area (Å²) in [5, 5.41) is 6.47. The fraction of sp³-hybridized carbons (Fsp3) is 0.500. The summed E-state index contributed by atoms with van der Waals surface area (Å²) < 4.78 is 9.29. The first-order valence-electron chi connectivity index (χ1n) is 14.5. The molecule has 2 aromatic rings. The number of azide groups is 1. The van der Waals surface area contributed by atoms with Gasteiger partial charge in [-0.1, -0.05) is 37.2 Å². The molecule has 0 spiro atoms. The van der Waals surface area contributed by atoms with Crippen LogP contribution in [0.3, 0.4) is 0 Å². The highest BCUT2D eigenvalue weighted by Gasteiger charge is 2.52. The molecular formula is C32H39N6O2+. The van der Waals surface area contributed by atoms with Crippen LogP contribution in [0.4, 0.5) is 11.4 Å². The van der Waals surface area contributed by atoms with E-state index in [1.54, 1.807) is 0 Å². The van der Waals surface area contributed by atoms with Crippen LogP contribution >= 0.6 is 0 Å². The molecule has 0 fully saturated rings. The minimum absolute atomic E-state index is 0.0260. The number of rotatable bonds is 7. The zero-order valence-corrected chi connectivity index (χ0v) is 24.0. The van der Waals surface area contributed by atoms with E-state index in [1.165, 1.54) is 33.8 Å². The second-order valence-corrected chi connectivity index (χ2v) is 12.6. The summed E-state index contributed by atoms with van der Waals surface area (Å²) in [6.07, 6.45) is 5.49. The summed E-state index contributed by atoms with van der Waals surface area (Å²) in [6, 6.07) is 13.4. The SMILES string of the molecule is CC1(C)CCN(CCC(=O)NCCCN=[N+]=[N-])c2cc3c(cc21)C=C1C2=[N+](CCC1O3)c1ccccc1C2(C)C. The molecule has 4 aliphatic heterocycles. The Morgan fingerprint density at radius 1 is 1.23 bits per heavy atom. The van der Waals surface area contributed by atoms with Gasteiger partial charge in [-0.2, -0.15) is 4.58 Å². The summed E-state index contributed by atoms with van der Waals surface area (Å²) in [5.74, 6) is 0.970. The fourth-order valence-corrected chi connectivity index (χ4v) is 6.98. The zero-order chi connectivity index (χ0) is 28.1. The van der Waals surface area contributed by atoms with Gasteiger partial charge in [0.15, 0.2) is 12.3 Å². The van der Waals surface area contributed by atoms with Crippen molar-refractivity contribution in [3.05, 3.63) is 69.1 Å². The highest BCUT2D eigenvalue weighted by atomic mass is 16.5. The average Bonchev–Trinajstić information content (AvgIpc) is 3.17. The van der Waals surface area contributed by atoms with E-state index < -0.39 is 0 Å². The Bertz CT molecular complexity index is 1480. The number of anilines is 1. The van der Waals surface area contributed by atoms with Gasteiger partial charge in [0, 0.05) is 72.9 Å². The molecule has 2 aromatic carbocycles. The first-order valence-corrected chi connectivity index (χ1v) is 14.5. The molecule has 0 saturated carbocycles. The van der Waals surface area contributed by atoms with Crippen molar-refractivity contribution in [3.63, 3.8) is 0 Å². The van der Waals surface area contributed by atoms with Crippen molar-refractivity contribution in [3.8, 4) is 5.75 Å². The van der Waals surface area contributed by atoms with Crippen LogP contribution in [0.25, 0.3) is 16.5 Å². The molecule has 0 aliphatic carbocycles. The molecule has 1 unspecified atom stereocenters. The lowest BCUT2D eigenvalue weighted by atomic mass is 9.74. The number of fused-ring (bicyclic) bond motifs is 6. The fourth-order valence-electron chi connectivity index (χ4n) is 6.98. The molecular weight excluding hydrogens is 500 g/mol. The third-order valence-corrected chi connectivity index (χ3v) is 9.18. The number of nitrogens with one attached hydrogen (secondary N) is 1. The zero-order valence-electron chi connectivity index (χ0n) is 24.0. The Morgan fingerprint density at radius 2 is 2.05 bits per heavy atom. The molecule has 1 atom stereocenters. The van der Waals surface area contributed by atoms with Gasteiger partial charge in [0.25, 0.3) is 0 Å². The van der Waals surface area contributed by atoms with Crippen LogP contribution in [-0.4, -0.2) is 55.0 Å². The van der Waals surface area contributed by atoms with Crippen molar-refractivity contribution >= 4 is 29.1 Å². The second kappa shape index (κ2) is 10.0. The standard InChI is InChI=1S/C32H38N6O2/c1-31(2)12-17-37(15-11-29(39)34-13-7-14-35-36-33)26-20-28-21(19-24(26)31)18-22-27(40-28)10-16-38-25-9-6-5-8-23(25)32(3,4)30(22)38/h5-6,8-9,18-20,27H,7,10-17H2,1-4H3/p+1. The van der Waals surface area contributed by atoms with Gasteiger partial charge in [-0.25, -0.2) is 0 Å². The predicted molar refractivity (Wildman–Crippen MR) is 159 cm³/mol. The molecule has 6 rings (SSSR count). The van der Waals surface area contributed by atoms with Gasteiger partial charge in [0.1, 0.15) is 11.9 Å². The number of hydrogen-bond donors (Lipinski definition) is 1. The van der Waals surface area contributed by atoms with E-state index in [0.717, 1.165) is 37.2 Å². The van der Waals surface area contributed by atoms with E-state index >= 15 is 0 Å². The predicted octanol–water partition coefficient (Wildman–Crippen LogP) is 6.01. The van der Waals surface area contributed by atoms with Crippen LogP contribution in [0.5, 0.6) is 5.75 Å². The number of carbonyl (C=O) groups is 1. The Hall–Kier alpha value is -3.77. The summed E-state index contributed by atoms with van der Waals surface area (Å²) in [4.78, 5) is 17.6. The number of nitrogens with zero attached hydrogens (tertiary/aromatic N) is 5. The molecule has 0 radical (unpaired) electrons. The average molecular weight is 540 g/mol. The van der Waals surface area contributed by atoms with Crippen LogP contribution in [0.2, 0.25) is 0 Å². The normalized spacial score (nSPS) is 21.1. The molecule has 1 N–H and O–H groups in total. The van der Waals surface area contributed by atoms with E-state index in [-0.39, 0.29) is 22.8 Å². The topological polar surface area (TPSA) is 93.3 Å². The molecule has 208 valence electrons. The monoisotopic (exact) mass is 539 g/mol. The molecule has 0 bridgehead atoms. The lowest BCUT2D eigenvalue weighted by molar-refractivity contribution is -0.444. The van der Waals surface area contributed by atoms with Crippen LogP contribution < -0.4 is 15.0 Å². The third-order valence-electron chi connectivity index (χ3n) is 9.18. The quantitative estimate of drug-likeness (QED) is 0.154. The van der Waals surface area contributed by atoms with Gasteiger partial charge >= 0.3 is 0 Å². The first-order chi connectivity index (χ1) is 19.2. The van der Waals surface area contributed by atoms with E-state index in [1.807, 2.05) is 0 Å². The number of amides is 1. The van der Waals surface area contributed by atoms with Crippen molar-refractivity contribution < 1.29 is 14.1 Å². The number of benzene rings is 2. The van der Waals surface area contributed by atoms with E-state index in [4.69, 9.17) is 10.3 Å². The van der Waals surface area contributed by atoms with Crippen molar-refractivity contribution in [2.75, 3.05) is 37.6 Å². The van der Waals surface area contributed by atoms with Crippen molar-refractivity contribution in [1.82, 2.24) is 5.32 Å². The van der Waals surface area contributed by atoms with Crippen molar-refractivity contribution in [2.45, 2.75) is 70.3 Å². The third kappa shape index (κ3) is 4.44. The Balaban J connectivity index is 1.28. The Kier molecular flexibility index (Phi) is 6.62. The van der Waals surface area contributed by atoms with Gasteiger partial charge in [0.2, 0.25) is 11.6 Å². The number of ether oxygens (including phenoxy) is 1. The molecule has 8 nitrogen and oxygen atoms in total. The maximum absolute atomic E-state index is 12.5. The number of carbonyl (C=O) groups excluding carboxylic acids is 1. The minimum Gasteiger partial charge on any atom is -0.485 e. The molecule has 40 heavy (non-hydrogen) atoms. The molecule has 1 amide bonds. The largest absolute Gasteiger partial charge is 0.485 e. The van der Waals surface area contributed by atoms with Crippen LogP contribution in [0.1, 0.15) is 70.1 Å². The van der Waals surface area contributed by atoms with E-state index in [9.17, 15) is 4.79 Å². The lowest BCUT2D eigenvalue weighted by Crippen LogP contribution is -2.43. The Morgan fingerprint density at radius 3 is 2.88 bits per heavy atom. The summed E-state index contributed by atoms with van der Waals surface area (Å²) in [5.41, 5.74) is 17.4. The maximum Gasteiger partial charge on any atom is 0.221 e. The number of hydrogen-bond acceptors (Lipinski definition) is 4. The van der Waals surface area contributed by atoms with E-state index in [2.05, 4.69) is 95.0 Å². The minimum atomic E-state index is -0.0737. The summed E-state index contributed by atoms with van der Waals surface area (Å²) in [6.45, 7) is 12.8. The van der Waals surface area contributed by atoms with Crippen LogP contribution in [0.15, 0.2) is 47.1 Å². The van der Waals surface area contributed by atoms with Crippen LogP contribution in [0, 0.1) is 0 Å². The molecule has 4 aliphatic rings. The first kappa shape index (κ1) is 26.5. The molecule has 8 heteroatoms. The van der Waals surface area contributed by atoms with Gasteiger partial charge < -0.3 is 15.0 Å². The highest BCUT2D eigenvalue weighted by Crippen LogP contribution is 2.49. The maximum atomic E-state index is 12.5. The second-order valence-electron chi connectivity index (χ2n) is 12.6. The summed E-state index contributed by atoms with van der Waals surface area (Å²) >= 11 is 0. The molecule has 4 heterocycles. The smallest absolute Gasteiger partial charge is 0.221 e. The highest BCUT2D eigenvalue weighted by molar-refractivity contribution is 6.11. The van der Waals surface area contributed by atoms with Gasteiger partial charge in [-0.15, -0.1) is 0 Å². The van der Waals surface area contributed by atoms with Crippen molar-refractivity contribution in [1.29, 1.82) is 0 Å². The molecule has 0 saturated heterocycles. The lowest BCUT2D eigenvalue weighted by Gasteiger charge is -2.41. The summed E-state index contributed by atoms with van der Waals surface area (Å²) in [7, 11) is 0. The van der Waals surface area contributed by atoms with Crippen molar-refractivity contribution in [2.24, 2.45) is 5.11 Å². The van der Waals surface area contributed by atoms with Crippen LogP contribution in [-0.2, 0) is 15.6 Å². The number of para-hydroxylation sites is 1. The van der Waals surface area contributed by atoms with Gasteiger partial charge in [-0.3, -0.25) is 4.79 Å². The van der Waals surface area contributed by atoms with Gasteiger partial charge in [-0.05, 0) is 55.3 Å². The Labute approximate surface area is 236 Å².